The molecule has 2 atom stereocenters. The van der Waals surface area contributed by atoms with Crippen LogP contribution in [0.2, 0.25) is 0 Å². The number of nitrogens with zero attached hydrogens (tertiary/aromatic N) is 1. The summed E-state index contributed by atoms with van der Waals surface area (Å²) in [7, 11) is 0. The van der Waals surface area contributed by atoms with Crippen LogP contribution in [0, 0.1) is 0 Å². The standard InChI is InChI=1S/C24H24N2O/c1-4-10-19(11-5-1)16-17-27-18-22-25-23(20-12-6-2-7-13-20)24(26-22)21-14-8-3-9-15-21/h1-15,23-24H,16-18H2,(H,25,26). The van der Waals surface area contributed by atoms with E-state index in [1.54, 1.807) is 0 Å². The molecule has 1 N–H and O–H groups in total. The van der Waals surface area contributed by atoms with Crippen molar-refractivity contribution in [2.24, 2.45) is 4.99 Å². The summed E-state index contributed by atoms with van der Waals surface area (Å²) in [5, 5.41) is 3.58. The number of ether oxygens (including phenoxy) is 1. The monoisotopic (exact) mass is 356 g/mol. The Kier molecular flexibility index (Phi) is 5.61. The lowest BCUT2D eigenvalue weighted by molar-refractivity contribution is 0.173. The molecular weight excluding hydrogens is 332 g/mol. The van der Waals surface area contributed by atoms with Crippen molar-refractivity contribution in [1.82, 2.24) is 5.32 Å². The molecule has 0 aromatic heterocycles. The third kappa shape index (κ3) is 4.44. The number of hydrogen-bond donors (Lipinski definition) is 1. The predicted molar refractivity (Wildman–Crippen MR) is 110 cm³/mol. The van der Waals surface area contributed by atoms with Crippen LogP contribution in [0.5, 0.6) is 0 Å². The van der Waals surface area contributed by atoms with Crippen LogP contribution in [0.15, 0.2) is 96.0 Å². The molecule has 0 saturated carbocycles. The summed E-state index contributed by atoms with van der Waals surface area (Å²) in [5.41, 5.74) is 3.76. The summed E-state index contributed by atoms with van der Waals surface area (Å²) >= 11 is 0. The van der Waals surface area contributed by atoms with Gasteiger partial charge in [-0.25, -0.2) is 0 Å². The molecule has 4 rings (SSSR count). The van der Waals surface area contributed by atoms with Gasteiger partial charge in [-0.3, -0.25) is 4.99 Å². The van der Waals surface area contributed by atoms with E-state index < -0.39 is 0 Å². The molecule has 0 amide bonds. The first kappa shape index (κ1) is 17.5. The van der Waals surface area contributed by atoms with Crippen LogP contribution in [0.3, 0.4) is 0 Å². The first-order chi connectivity index (χ1) is 13.4. The van der Waals surface area contributed by atoms with E-state index in [4.69, 9.17) is 9.73 Å². The van der Waals surface area contributed by atoms with Gasteiger partial charge in [-0.1, -0.05) is 91.0 Å². The highest BCUT2D eigenvalue weighted by Crippen LogP contribution is 2.35. The summed E-state index contributed by atoms with van der Waals surface area (Å²) in [6.45, 7) is 1.20. The smallest absolute Gasteiger partial charge is 0.124 e. The Morgan fingerprint density at radius 3 is 2.00 bits per heavy atom. The average molecular weight is 356 g/mol. The van der Waals surface area contributed by atoms with Gasteiger partial charge >= 0.3 is 0 Å². The number of nitrogens with one attached hydrogen (secondary N) is 1. The normalized spacial score (nSPS) is 18.7. The van der Waals surface area contributed by atoms with Crippen LogP contribution in [0.25, 0.3) is 0 Å². The van der Waals surface area contributed by atoms with Crippen LogP contribution in [-0.2, 0) is 11.2 Å². The third-order valence-corrected chi connectivity index (χ3v) is 4.85. The largest absolute Gasteiger partial charge is 0.373 e. The highest BCUT2D eigenvalue weighted by molar-refractivity contribution is 5.86. The van der Waals surface area contributed by atoms with Crippen molar-refractivity contribution >= 4 is 5.84 Å². The summed E-state index contributed by atoms with van der Waals surface area (Å²) in [6.07, 6.45) is 0.915. The Morgan fingerprint density at radius 1 is 0.741 bits per heavy atom. The zero-order chi connectivity index (χ0) is 18.3. The van der Waals surface area contributed by atoms with Crippen molar-refractivity contribution in [2.75, 3.05) is 13.2 Å². The highest BCUT2D eigenvalue weighted by Gasteiger charge is 2.30. The number of hydrogen-bond acceptors (Lipinski definition) is 3. The van der Waals surface area contributed by atoms with E-state index >= 15 is 0 Å². The van der Waals surface area contributed by atoms with Crippen molar-refractivity contribution in [3.63, 3.8) is 0 Å². The topological polar surface area (TPSA) is 33.6 Å². The molecule has 0 aliphatic carbocycles. The molecule has 0 bridgehead atoms. The summed E-state index contributed by atoms with van der Waals surface area (Å²) in [4.78, 5) is 4.94. The molecule has 3 nitrogen and oxygen atoms in total. The number of rotatable bonds is 7. The van der Waals surface area contributed by atoms with Crippen LogP contribution >= 0.6 is 0 Å². The van der Waals surface area contributed by atoms with Crippen molar-refractivity contribution < 1.29 is 4.74 Å². The minimum absolute atomic E-state index is 0.0707. The Bertz CT molecular complexity index is 863. The van der Waals surface area contributed by atoms with Crippen molar-refractivity contribution in [3.8, 4) is 0 Å². The molecule has 1 aliphatic rings. The van der Waals surface area contributed by atoms with Crippen LogP contribution < -0.4 is 5.32 Å². The molecule has 1 aliphatic heterocycles. The molecule has 3 heteroatoms. The predicted octanol–water partition coefficient (Wildman–Crippen LogP) is 4.73. The first-order valence-electron chi connectivity index (χ1n) is 9.45. The Balaban J connectivity index is 1.42. The minimum Gasteiger partial charge on any atom is -0.373 e. The van der Waals surface area contributed by atoms with E-state index in [0.29, 0.717) is 13.2 Å². The average Bonchev–Trinajstić information content (AvgIpc) is 3.18. The molecule has 136 valence electrons. The molecule has 3 aromatic rings. The van der Waals surface area contributed by atoms with E-state index in [2.05, 4.69) is 78.1 Å². The van der Waals surface area contributed by atoms with Gasteiger partial charge in [0.25, 0.3) is 0 Å². The van der Waals surface area contributed by atoms with E-state index in [9.17, 15) is 0 Å². The second kappa shape index (κ2) is 8.65. The van der Waals surface area contributed by atoms with Gasteiger partial charge in [0.1, 0.15) is 18.5 Å². The maximum atomic E-state index is 5.90. The molecule has 0 fully saturated rings. The Morgan fingerprint density at radius 2 is 1.33 bits per heavy atom. The zero-order valence-corrected chi connectivity index (χ0v) is 15.3. The van der Waals surface area contributed by atoms with Gasteiger partial charge in [-0.15, -0.1) is 0 Å². The Labute approximate surface area is 160 Å². The molecule has 0 spiro atoms. The van der Waals surface area contributed by atoms with E-state index in [0.717, 1.165) is 12.3 Å². The molecular formula is C24H24N2O. The van der Waals surface area contributed by atoms with E-state index in [-0.39, 0.29) is 12.1 Å². The lowest BCUT2D eigenvalue weighted by Crippen LogP contribution is -2.27. The van der Waals surface area contributed by atoms with Crippen molar-refractivity contribution in [1.29, 1.82) is 0 Å². The molecule has 27 heavy (non-hydrogen) atoms. The summed E-state index contributed by atoms with van der Waals surface area (Å²) < 4.78 is 5.90. The second-order valence-corrected chi connectivity index (χ2v) is 6.75. The summed E-state index contributed by atoms with van der Waals surface area (Å²) in [5.74, 6) is 0.922. The van der Waals surface area contributed by atoms with Crippen molar-refractivity contribution in [3.05, 3.63) is 108 Å². The summed E-state index contributed by atoms with van der Waals surface area (Å²) in [6, 6.07) is 31.6. The molecule has 1 heterocycles. The first-order valence-corrected chi connectivity index (χ1v) is 9.45. The molecule has 0 radical (unpaired) electrons. The third-order valence-electron chi connectivity index (χ3n) is 4.85. The lowest BCUT2D eigenvalue weighted by Gasteiger charge is -2.19. The quantitative estimate of drug-likeness (QED) is 0.621. The van der Waals surface area contributed by atoms with Gasteiger partial charge in [0.15, 0.2) is 0 Å². The van der Waals surface area contributed by atoms with Crippen molar-refractivity contribution in [2.45, 2.75) is 18.5 Å². The second-order valence-electron chi connectivity index (χ2n) is 6.75. The molecule has 0 saturated heterocycles. The number of aliphatic imine (C=N–C) groups is 1. The SMILES string of the molecule is c1ccc(CCOCC2=NC(c3ccccc3)C(c3ccccc3)N2)cc1. The fourth-order valence-corrected chi connectivity index (χ4v) is 3.46. The van der Waals surface area contributed by atoms with Gasteiger partial charge in [0.2, 0.25) is 0 Å². The van der Waals surface area contributed by atoms with Gasteiger partial charge in [-0.2, -0.15) is 0 Å². The maximum absolute atomic E-state index is 5.90. The van der Waals surface area contributed by atoms with Crippen LogP contribution in [-0.4, -0.2) is 19.0 Å². The van der Waals surface area contributed by atoms with Crippen LogP contribution in [0.4, 0.5) is 0 Å². The van der Waals surface area contributed by atoms with E-state index in [1.165, 1.54) is 16.7 Å². The van der Waals surface area contributed by atoms with Gasteiger partial charge in [-0.05, 0) is 23.1 Å². The molecule has 2 unspecified atom stereocenters. The fraction of sp³-hybridized carbons (Fsp3) is 0.208. The number of benzene rings is 3. The number of amidine groups is 1. The molecule has 3 aromatic carbocycles. The zero-order valence-electron chi connectivity index (χ0n) is 15.3. The minimum atomic E-state index is 0.0707. The Hall–Kier alpha value is -2.91. The van der Waals surface area contributed by atoms with Crippen LogP contribution in [0.1, 0.15) is 28.8 Å². The van der Waals surface area contributed by atoms with E-state index in [1.807, 2.05) is 18.2 Å². The van der Waals surface area contributed by atoms with Gasteiger partial charge < -0.3 is 10.1 Å². The fourth-order valence-electron chi connectivity index (χ4n) is 3.46. The maximum Gasteiger partial charge on any atom is 0.124 e. The lowest BCUT2D eigenvalue weighted by atomic mass is 9.95. The van der Waals surface area contributed by atoms with Gasteiger partial charge in [0, 0.05) is 0 Å². The van der Waals surface area contributed by atoms with Gasteiger partial charge in [0.05, 0.1) is 12.6 Å². The highest BCUT2D eigenvalue weighted by atomic mass is 16.5.